The van der Waals surface area contributed by atoms with Crippen LogP contribution in [-0.2, 0) is 0 Å². The maximum absolute atomic E-state index is 12.2. The molecular formula is C8H4ClF3INO3. The van der Waals surface area contributed by atoms with Crippen LogP contribution in [0.3, 0.4) is 0 Å². The highest BCUT2D eigenvalue weighted by Crippen LogP contribution is 2.37. The summed E-state index contributed by atoms with van der Waals surface area (Å²) < 4.78 is 44.7. The molecule has 1 rings (SSSR count). The molecular weight excluding hydrogens is 377 g/mol. The lowest BCUT2D eigenvalue weighted by Crippen LogP contribution is -2.19. The fraction of sp³-hybridized carbons (Fsp3) is 0.250. The highest BCUT2D eigenvalue weighted by molar-refractivity contribution is 14.1. The van der Waals surface area contributed by atoms with E-state index < -0.39 is 17.4 Å². The van der Waals surface area contributed by atoms with E-state index in [2.05, 4.69) is 14.5 Å². The molecule has 0 aromatic carbocycles. The summed E-state index contributed by atoms with van der Waals surface area (Å²) in [7, 11) is 1.15. The second kappa shape index (κ2) is 5.25. The van der Waals surface area contributed by atoms with Crippen LogP contribution < -0.4 is 9.47 Å². The van der Waals surface area contributed by atoms with Crippen molar-refractivity contribution in [2.75, 3.05) is 7.11 Å². The van der Waals surface area contributed by atoms with Crippen LogP contribution >= 0.6 is 34.2 Å². The van der Waals surface area contributed by atoms with Crippen LogP contribution in [-0.4, -0.2) is 23.7 Å². The smallest absolute Gasteiger partial charge is 0.491 e. The molecule has 0 aliphatic heterocycles. The van der Waals surface area contributed by atoms with Crippen molar-refractivity contribution < 1.29 is 27.4 Å². The minimum Gasteiger partial charge on any atom is -0.491 e. The van der Waals surface area contributed by atoms with E-state index in [9.17, 15) is 18.0 Å². The van der Waals surface area contributed by atoms with Crippen molar-refractivity contribution in [1.29, 1.82) is 0 Å². The number of aromatic nitrogens is 1. The fourth-order valence-corrected chi connectivity index (χ4v) is 2.01. The first-order valence-electron chi connectivity index (χ1n) is 3.94. The molecule has 0 aliphatic carbocycles. The Morgan fingerprint density at radius 1 is 1.53 bits per heavy atom. The Kier molecular flexibility index (Phi) is 4.42. The van der Waals surface area contributed by atoms with Crippen molar-refractivity contribution in [3.8, 4) is 11.5 Å². The Morgan fingerprint density at radius 3 is 2.53 bits per heavy atom. The predicted molar refractivity (Wildman–Crippen MR) is 60.4 cm³/mol. The average Bonchev–Trinajstić information content (AvgIpc) is 2.18. The molecule has 0 N–H and O–H groups in total. The van der Waals surface area contributed by atoms with Crippen LogP contribution in [0.2, 0.25) is 0 Å². The third kappa shape index (κ3) is 3.60. The summed E-state index contributed by atoms with van der Waals surface area (Å²) in [4.78, 5) is 14.5. The van der Waals surface area contributed by atoms with Gasteiger partial charge in [-0.3, -0.25) is 4.79 Å². The first-order valence-corrected chi connectivity index (χ1v) is 5.40. The van der Waals surface area contributed by atoms with Gasteiger partial charge in [0.1, 0.15) is 5.69 Å². The minimum atomic E-state index is -4.90. The number of nitrogens with zero attached hydrogens (tertiary/aromatic N) is 1. The normalized spacial score (nSPS) is 11.2. The van der Waals surface area contributed by atoms with Crippen molar-refractivity contribution in [1.82, 2.24) is 4.98 Å². The average molecular weight is 381 g/mol. The van der Waals surface area contributed by atoms with Gasteiger partial charge in [-0.15, -0.1) is 13.2 Å². The highest BCUT2D eigenvalue weighted by Gasteiger charge is 2.34. The zero-order valence-electron chi connectivity index (χ0n) is 8.14. The number of hydrogen-bond acceptors (Lipinski definition) is 4. The molecule has 1 heterocycles. The second-order valence-electron chi connectivity index (χ2n) is 2.64. The van der Waals surface area contributed by atoms with E-state index in [1.54, 1.807) is 0 Å². The van der Waals surface area contributed by atoms with Crippen molar-refractivity contribution in [3.05, 3.63) is 15.5 Å². The van der Waals surface area contributed by atoms with E-state index in [1.807, 2.05) is 0 Å². The molecule has 0 bridgehead atoms. The summed E-state index contributed by atoms with van der Waals surface area (Å²) in [5.41, 5.74) is -0.327. The van der Waals surface area contributed by atoms with Crippen molar-refractivity contribution in [2.45, 2.75) is 6.36 Å². The summed E-state index contributed by atoms with van der Waals surface area (Å²) in [6.07, 6.45) is -3.97. The molecule has 1 aromatic rings. The van der Waals surface area contributed by atoms with E-state index in [4.69, 9.17) is 11.6 Å². The summed E-state index contributed by atoms with van der Waals surface area (Å²) in [6.45, 7) is 0. The van der Waals surface area contributed by atoms with Gasteiger partial charge in [0.05, 0.1) is 16.9 Å². The zero-order valence-corrected chi connectivity index (χ0v) is 11.1. The third-order valence-corrected chi connectivity index (χ3v) is 2.75. The van der Waals surface area contributed by atoms with Gasteiger partial charge in [-0.2, -0.15) is 0 Å². The number of methoxy groups -OCH3 is 1. The molecule has 17 heavy (non-hydrogen) atoms. The van der Waals surface area contributed by atoms with Crippen molar-refractivity contribution in [3.63, 3.8) is 0 Å². The van der Waals surface area contributed by atoms with Gasteiger partial charge in [0.2, 0.25) is 0 Å². The van der Waals surface area contributed by atoms with Gasteiger partial charge in [0, 0.05) is 0 Å². The standard InChI is InChI=1S/C8H4ClF3INO3/c1-16-3-2-14-5(7(9)15)4(13)6(3)17-8(10,11)12/h2H,1H3. The largest absolute Gasteiger partial charge is 0.573 e. The fourth-order valence-electron chi connectivity index (χ4n) is 0.947. The number of hydrogen-bond donors (Lipinski definition) is 0. The lowest BCUT2D eigenvalue weighted by molar-refractivity contribution is -0.275. The van der Waals surface area contributed by atoms with Gasteiger partial charge < -0.3 is 9.47 Å². The van der Waals surface area contributed by atoms with Gasteiger partial charge in [-0.25, -0.2) is 4.98 Å². The van der Waals surface area contributed by atoms with Crippen LogP contribution in [0.1, 0.15) is 10.5 Å². The molecule has 0 spiro atoms. The number of ether oxygens (including phenoxy) is 2. The molecule has 0 unspecified atom stereocenters. The number of halogens is 5. The predicted octanol–water partition coefficient (Wildman–Crippen LogP) is 2.97. The number of carbonyl (C=O) groups excluding carboxylic acids is 1. The van der Waals surface area contributed by atoms with Crippen LogP contribution in [0.5, 0.6) is 11.5 Å². The summed E-state index contributed by atoms with van der Waals surface area (Å²) >= 11 is 6.64. The van der Waals surface area contributed by atoms with E-state index in [0.29, 0.717) is 0 Å². The van der Waals surface area contributed by atoms with Gasteiger partial charge in [0.15, 0.2) is 11.5 Å². The molecule has 94 valence electrons. The Bertz CT molecular complexity index is 452. The molecule has 0 aliphatic rings. The number of rotatable bonds is 3. The van der Waals surface area contributed by atoms with E-state index >= 15 is 0 Å². The Labute approximate surface area is 112 Å². The minimum absolute atomic E-state index is 0.167. The third-order valence-electron chi connectivity index (χ3n) is 1.57. The van der Waals surface area contributed by atoms with Crippen molar-refractivity contribution >= 4 is 39.4 Å². The van der Waals surface area contributed by atoms with Crippen LogP contribution in [0.4, 0.5) is 13.2 Å². The summed E-state index contributed by atoms with van der Waals surface area (Å²) in [5.74, 6) is -0.881. The second-order valence-corrected chi connectivity index (χ2v) is 4.06. The highest BCUT2D eigenvalue weighted by atomic mass is 127. The molecule has 0 radical (unpaired) electrons. The topological polar surface area (TPSA) is 48.4 Å². The number of pyridine rings is 1. The zero-order chi connectivity index (χ0) is 13.2. The van der Waals surface area contributed by atoms with E-state index in [-0.39, 0.29) is 15.0 Å². The van der Waals surface area contributed by atoms with Crippen molar-refractivity contribution in [2.24, 2.45) is 0 Å². The molecule has 0 atom stereocenters. The Hall–Kier alpha value is -0.770. The summed E-state index contributed by atoms with van der Waals surface area (Å²) in [5, 5.41) is -0.982. The lowest BCUT2D eigenvalue weighted by atomic mass is 10.3. The molecule has 0 saturated carbocycles. The Balaban J connectivity index is 3.32. The molecule has 0 fully saturated rings. The first-order chi connectivity index (χ1) is 7.76. The molecule has 9 heteroatoms. The van der Waals surface area contributed by atoms with Crippen LogP contribution in [0, 0.1) is 3.57 Å². The van der Waals surface area contributed by atoms with Gasteiger partial charge in [-0.1, -0.05) is 0 Å². The maximum Gasteiger partial charge on any atom is 0.573 e. The molecule has 1 aromatic heterocycles. The Morgan fingerprint density at radius 2 is 2.12 bits per heavy atom. The van der Waals surface area contributed by atoms with Gasteiger partial charge in [0.25, 0.3) is 5.24 Å². The monoisotopic (exact) mass is 381 g/mol. The van der Waals surface area contributed by atoms with E-state index in [1.165, 1.54) is 22.6 Å². The number of alkyl halides is 3. The number of carbonyl (C=O) groups is 1. The summed E-state index contributed by atoms with van der Waals surface area (Å²) in [6, 6.07) is 0. The van der Waals surface area contributed by atoms with Gasteiger partial charge in [-0.05, 0) is 34.2 Å². The molecule has 0 saturated heterocycles. The molecule has 0 amide bonds. The lowest BCUT2D eigenvalue weighted by Gasteiger charge is -2.14. The quantitative estimate of drug-likeness (QED) is 0.597. The first kappa shape index (κ1) is 14.3. The van der Waals surface area contributed by atoms with E-state index in [0.717, 1.165) is 13.3 Å². The van der Waals surface area contributed by atoms with Crippen LogP contribution in [0.25, 0.3) is 0 Å². The van der Waals surface area contributed by atoms with Gasteiger partial charge >= 0.3 is 6.36 Å². The SMILES string of the molecule is COc1cnc(C(=O)Cl)c(I)c1OC(F)(F)F. The maximum atomic E-state index is 12.2. The van der Waals surface area contributed by atoms with Crippen LogP contribution in [0.15, 0.2) is 6.20 Å². The molecule has 4 nitrogen and oxygen atoms in total.